The summed E-state index contributed by atoms with van der Waals surface area (Å²) in [7, 11) is 0. The fourth-order valence-electron chi connectivity index (χ4n) is 3.15. The number of carboxylic acid groups (broad SMARTS) is 1. The Morgan fingerprint density at radius 3 is 1.62 bits per heavy atom. The number of nitrogens with one attached hydrogen (secondary N) is 4. The summed E-state index contributed by atoms with van der Waals surface area (Å²) in [5.41, 5.74) is 31.4. The molecule has 226 valence electrons. The zero-order valence-electron chi connectivity index (χ0n) is 22.1. The molecular formula is C21H40N12O7. The van der Waals surface area contributed by atoms with E-state index < -0.39 is 60.2 Å². The van der Waals surface area contributed by atoms with Crippen molar-refractivity contribution in [2.45, 2.75) is 56.7 Å². The molecular weight excluding hydrogens is 532 g/mol. The molecule has 0 aliphatic rings. The number of amides is 5. The topological polar surface area (TPSA) is 352 Å². The number of aliphatic imine (C=N–C) groups is 2. The molecule has 0 heterocycles. The van der Waals surface area contributed by atoms with Crippen molar-refractivity contribution >= 4 is 47.4 Å². The van der Waals surface area contributed by atoms with Gasteiger partial charge < -0.3 is 60.8 Å². The minimum atomic E-state index is -1.44. The summed E-state index contributed by atoms with van der Waals surface area (Å²) in [6, 6.07) is -3.72. The zero-order valence-corrected chi connectivity index (χ0v) is 22.1. The van der Waals surface area contributed by atoms with Crippen molar-refractivity contribution in [1.82, 2.24) is 21.3 Å². The van der Waals surface area contributed by atoms with Gasteiger partial charge in [0.05, 0.1) is 13.1 Å². The Balaban J connectivity index is 5.31. The molecule has 19 heteroatoms. The first-order valence-electron chi connectivity index (χ1n) is 12.3. The minimum absolute atomic E-state index is 0.00440. The lowest BCUT2D eigenvalue weighted by Crippen LogP contribution is -2.54. The fourth-order valence-corrected chi connectivity index (χ4v) is 3.15. The maximum Gasteiger partial charge on any atom is 0.326 e. The van der Waals surface area contributed by atoms with Crippen LogP contribution in [-0.2, 0) is 28.8 Å². The van der Waals surface area contributed by atoms with Crippen molar-refractivity contribution in [3.8, 4) is 0 Å². The third-order valence-electron chi connectivity index (χ3n) is 5.10. The lowest BCUT2D eigenvalue weighted by Gasteiger charge is -2.22. The van der Waals surface area contributed by atoms with Crippen molar-refractivity contribution in [3.05, 3.63) is 0 Å². The maximum absolute atomic E-state index is 12.8. The first-order valence-corrected chi connectivity index (χ1v) is 12.3. The highest BCUT2D eigenvalue weighted by Gasteiger charge is 2.27. The van der Waals surface area contributed by atoms with Crippen molar-refractivity contribution in [1.29, 1.82) is 0 Å². The number of nitrogens with two attached hydrogens (primary N) is 6. The van der Waals surface area contributed by atoms with Crippen LogP contribution in [0.25, 0.3) is 0 Å². The Morgan fingerprint density at radius 1 is 0.675 bits per heavy atom. The lowest BCUT2D eigenvalue weighted by atomic mass is 10.1. The van der Waals surface area contributed by atoms with Gasteiger partial charge in [-0.1, -0.05) is 0 Å². The molecule has 0 unspecified atom stereocenters. The van der Waals surface area contributed by atoms with E-state index in [0.29, 0.717) is 6.42 Å². The van der Waals surface area contributed by atoms with Crippen molar-refractivity contribution in [2.24, 2.45) is 44.4 Å². The summed E-state index contributed by atoms with van der Waals surface area (Å²) in [5, 5.41) is 18.8. The second-order valence-electron chi connectivity index (χ2n) is 8.46. The van der Waals surface area contributed by atoms with Crippen LogP contribution in [0.3, 0.4) is 0 Å². The molecule has 0 fully saturated rings. The summed E-state index contributed by atoms with van der Waals surface area (Å²) in [5.74, 6) is -5.42. The Hall–Kier alpha value is -4.68. The Morgan fingerprint density at radius 2 is 1.18 bits per heavy atom. The summed E-state index contributed by atoms with van der Waals surface area (Å²) in [4.78, 5) is 79.8. The average Bonchev–Trinajstić information content (AvgIpc) is 2.87. The van der Waals surface area contributed by atoms with E-state index >= 15 is 0 Å². The van der Waals surface area contributed by atoms with E-state index in [1.54, 1.807) is 0 Å². The molecule has 0 aliphatic carbocycles. The number of carbonyl (C=O) groups is 6. The molecule has 0 aromatic heterocycles. The van der Waals surface area contributed by atoms with Gasteiger partial charge >= 0.3 is 5.97 Å². The van der Waals surface area contributed by atoms with Crippen LogP contribution < -0.4 is 55.7 Å². The van der Waals surface area contributed by atoms with Gasteiger partial charge in [-0.2, -0.15) is 0 Å². The van der Waals surface area contributed by atoms with Gasteiger partial charge in [-0.05, 0) is 32.1 Å². The van der Waals surface area contributed by atoms with Crippen LogP contribution >= 0.6 is 0 Å². The van der Waals surface area contributed by atoms with E-state index in [4.69, 9.17) is 34.4 Å². The van der Waals surface area contributed by atoms with Crippen LogP contribution in [0.5, 0.6) is 0 Å². The quantitative estimate of drug-likeness (QED) is 0.0369. The molecule has 0 bridgehead atoms. The van der Waals surface area contributed by atoms with E-state index in [0.717, 1.165) is 0 Å². The van der Waals surface area contributed by atoms with Gasteiger partial charge in [-0.3, -0.25) is 34.0 Å². The predicted octanol–water partition coefficient (Wildman–Crippen LogP) is -6.03. The Bertz CT molecular complexity index is 948. The van der Waals surface area contributed by atoms with E-state index in [9.17, 15) is 33.9 Å². The van der Waals surface area contributed by atoms with Gasteiger partial charge in [-0.15, -0.1) is 0 Å². The molecule has 0 saturated heterocycles. The molecule has 0 saturated carbocycles. The minimum Gasteiger partial charge on any atom is -0.480 e. The second kappa shape index (κ2) is 19.4. The lowest BCUT2D eigenvalue weighted by molar-refractivity contribution is -0.142. The molecule has 19 nitrogen and oxygen atoms in total. The zero-order chi connectivity index (χ0) is 30.7. The molecule has 0 aliphatic heterocycles. The number of hydrogen-bond acceptors (Lipinski definition) is 9. The molecule has 0 rings (SSSR count). The number of carbonyl (C=O) groups excluding carboxylic acids is 5. The number of hydrogen-bond donors (Lipinski definition) is 11. The normalized spacial score (nSPS) is 12.5. The van der Waals surface area contributed by atoms with Crippen LogP contribution in [0.1, 0.15) is 38.5 Å². The van der Waals surface area contributed by atoms with Crippen LogP contribution in [0, 0.1) is 0 Å². The van der Waals surface area contributed by atoms with E-state index in [2.05, 4.69) is 31.3 Å². The van der Waals surface area contributed by atoms with Gasteiger partial charge in [0, 0.05) is 19.5 Å². The molecule has 5 amide bonds. The number of nitrogens with zero attached hydrogens (tertiary/aromatic N) is 2. The Labute approximate surface area is 230 Å². The van der Waals surface area contributed by atoms with Crippen LogP contribution in [0.2, 0.25) is 0 Å². The SMILES string of the molecule is NCC(=O)N[C@H](CCCN=C(N)N)C(=O)NCC(=O)N[C@H](CCCN=C(N)N)C(=O)N[C@@H](CCC(N)=O)C(=O)O. The predicted molar refractivity (Wildman–Crippen MR) is 144 cm³/mol. The largest absolute Gasteiger partial charge is 0.480 e. The number of primary amides is 1. The fraction of sp³-hybridized carbons (Fsp3) is 0.619. The number of rotatable bonds is 20. The number of guanidine groups is 2. The molecule has 0 radical (unpaired) electrons. The van der Waals surface area contributed by atoms with Gasteiger partial charge in [0.25, 0.3) is 0 Å². The smallest absolute Gasteiger partial charge is 0.326 e. The maximum atomic E-state index is 12.8. The standard InChI is InChI=1S/C21H40N12O7/c22-9-15(35)31-11(3-1-7-28-20(24)25)17(37)30-10-16(36)32-12(4-2-8-29-21(26)27)18(38)33-13(19(39)40)5-6-14(23)34/h11-13H,1-10,22H2,(H2,23,34)(H,30,37)(H,31,35)(H,32,36)(H,33,38)(H,39,40)(H4,24,25,28)(H4,26,27,29)/t11-,12-,13+/m1/s1. The molecule has 40 heavy (non-hydrogen) atoms. The summed E-state index contributed by atoms with van der Waals surface area (Å²) >= 11 is 0. The first-order chi connectivity index (χ1) is 18.8. The molecule has 3 atom stereocenters. The third kappa shape index (κ3) is 16.9. The van der Waals surface area contributed by atoms with Crippen molar-refractivity contribution < 1.29 is 33.9 Å². The van der Waals surface area contributed by atoms with Gasteiger partial charge in [-0.25, -0.2) is 4.79 Å². The average molecular weight is 573 g/mol. The summed E-state index contributed by atoms with van der Waals surface area (Å²) < 4.78 is 0. The highest BCUT2D eigenvalue weighted by Crippen LogP contribution is 2.03. The van der Waals surface area contributed by atoms with Crippen LogP contribution in [0.4, 0.5) is 0 Å². The summed E-state index contributed by atoms with van der Waals surface area (Å²) in [6.07, 6.45) is 0.132. The van der Waals surface area contributed by atoms with Gasteiger partial charge in [0.2, 0.25) is 29.5 Å². The molecule has 17 N–H and O–H groups in total. The molecule has 0 spiro atoms. The highest BCUT2D eigenvalue weighted by atomic mass is 16.4. The van der Waals surface area contributed by atoms with Crippen molar-refractivity contribution in [3.63, 3.8) is 0 Å². The first kappa shape index (κ1) is 35.3. The number of aliphatic carboxylic acids is 1. The van der Waals surface area contributed by atoms with Gasteiger partial charge in [0.1, 0.15) is 18.1 Å². The van der Waals surface area contributed by atoms with Crippen LogP contribution in [0.15, 0.2) is 9.98 Å². The van der Waals surface area contributed by atoms with E-state index in [1.807, 2.05) is 0 Å². The van der Waals surface area contributed by atoms with Crippen LogP contribution in [-0.4, -0.2) is 96.8 Å². The highest BCUT2D eigenvalue weighted by molar-refractivity contribution is 5.93. The van der Waals surface area contributed by atoms with Gasteiger partial charge in [0.15, 0.2) is 11.9 Å². The third-order valence-corrected chi connectivity index (χ3v) is 5.10. The Kier molecular flexibility index (Phi) is 17.1. The van der Waals surface area contributed by atoms with E-state index in [1.165, 1.54) is 0 Å². The second-order valence-corrected chi connectivity index (χ2v) is 8.46. The number of carboxylic acids is 1. The monoisotopic (exact) mass is 572 g/mol. The van der Waals surface area contributed by atoms with Crippen molar-refractivity contribution in [2.75, 3.05) is 26.2 Å². The van der Waals surface area contributed by atoms with E-state index in [-0.39, 0.29) is 63.7 Å². The molecule has 0 aromatic carbocycles. The molecule has 0 aromatic rings. The summed E-state index contributed by atoms with van der Waals surface area (Å²) in [6.45, 7) is -0.640.